The molecule has 1 rings (SSSR count). The van der Waals surface area contributed by atoms with Crippen LogP contribution in [0.2, 0.25) is 0 Å². The zero-order valence-corrected chi connectivity index (χ0v) is 25.5. The minimum atomic E-state index is -1.91. The summed E-state index contributed by atoms with van der Waals surface area (Å²) >= 11 is 26.9. The summed E-state index contributed by atoms with van der Waals surface area (Å²) in [6.07, 6.45) is -3.72. The van der Waals surface area contributed by atoms with Crippen LogP contribution in [0.25, 0.3) is 0 Å². The van der Waals surface area contributed by atoms with Crippen LogP contribution in [-0.4, -0.2) is 88.2 Å². The first-order chi connectivity index (χ1) is 15.4. The Bertz CT molecular complexity index is 727. The topological polar surface area (TPSA) is 109 Å². The molecule has 208 valence electrons. The summed E-state index contributed by atoms with van der Waals surface area (Å²) in [5, 5.41) is 30.8. The van der Waals surface area contributed by atoms with Crippen molar-refractivity contribution in [2.75, 3.05) is 6.54 Å². The Balaban J connectivity index is 3.27. The van der Waals surface area contributed by atoms with Crippen LogP contribution in [0.15, 0.2) is 0 Å². The van der Waals surface area contributed by atoms with E-state index in [1.54, 1.807) is 41.5 Å². The third-order valence-corrected chi connectivity index (χ3v) is 8.16. The maximum Gasteiger partial charge on any atom is 0.410 e. The van der Waals surface area contributed by atoms with Crippen molar-refractivity contribution in [3.8, 4) is 0 Å². The molecule has 0 spiro atoms. The van der Waals surface area contributed by atoms with Gasteiger partial charge in [-0.2, -0.15) is 25.3 Å². The van der Waals surface area contributed by atoms with Crippen LogP contribution in [0, 0.1) is 0 Å². The van der Waals surface area contributed by atoms with Gasteiger partial charge in [0.15, 0.2) is 18.2 Å². The number of halogens is 3. The Morgan fingerprint density at radius 3 is 1.86 bits per heavy atom. The van der Waals surface area contributed by atoms with Crippen molar-refractivity contribution in [1.29, 1.82) is 0 Å². The molecule has 6 atom stereocenters. The number of likely N-dealkylation sites (tertiary alicyclic amines) is 1. The number of hydrogen-bond acceptors (Lipinski definition) is 9. The molecule has 0 radical (unpaired) electrons. The van der Waals surface area contributed by atoms with E-state index in [0.29, 0.717) is 0 Å². The van der Waals surface area contributed by atoms with Gasteiger partial charge in [0, 0.05) is 6.54 Å². The second-order valence-electron chi connectivity index (χ2n) is 11.4. The first-order valence-electron chi connectivity index (χ1n) is 11.3. The number of piperidine rings is 1. The zero-order chi connectivity index (χ0) is 27.8. The van der Waals surface area contributed by atoms with Gasteiger partial charge in [0.05, 0.1) is 33.3 Å². The van der Waals surface area contributed by atoms with E-state index >= 15 is 0 Å². The van der Waals surface area contributed by atoms with Crippen molar-refractivity contribution in [2.24, 2.45) is 0 Å². The van der Waals surface area contributed by atoms with Crippen LogP contribution in [-0.2, 0) is 14.2 Å². The van der Waals surface area contributed by atoms with Gasteiger partial charge in [-0.05, 0) is 68.2 Å². The van der Waals surface area contributed by atoms with Crippen LogP contribution in [0.3, 0.4) is 0 Å². The molecule has 1 aliphatic heterocycles. The summed E-state index contributed by atoms with van der Waals surface area (Å²) in [4.78, 5) is 14.5. The molecule has 0 aromatic heterocycles. The number of rotatable bonds is 7. The summed E-state index contributed by atoms with van der Waals surface area (Å²) in [7, 11) is 0. The van der Waals surface area contributed by atoms with Gasteiger partial charge >= 0.3 is 6.09 Å². The lowest BCUT2D eigenvalue weighted by Crippen LogP contribution is -2.63. The molecule has 1 saturated heterocycles. The summed E-state index contributed by atoms with van der Waals surface area (Å²) in [6.45, 7) is 13.4. The van der Waals surface area contributed by atoms with Crippen LogP contribution < -0.4 is 0 Å². The molecule has 3 N–H and O–H groups in total. The Morgan fingerprint density at radius 1 is 0.971 bits per heavy atom. The third kappa shape index (κ3) is 9.71. The van der Waals surface area contributed by atoms with Crippen LogP contribution in [0.4, 0.5) is 4.79 Å². The quantitative estimate of drug-likeness (QED) is 0.168. The van der Waals surface area contributed by atoms with E-state index < -0.39 is 61.4 Å². The maximum atomic E-state index is 13.2. The number of ether oxygens (including phenoxy) is 3. The lowest BCUT2D eigenvalue weighted by atomic mass is 9.81. The largest absolute Gasteiger partial charge is 0.439 e. The molecule has 1 fully saturated rings. The zero-order valence-electron chi connectivity index (χ0n) is 21.5. The number of amides is 1. The molecule has 0 aliphatic carbocycles. The molecular formula is C22H40Cl3NO7S2. The van der Waals surface area contributed by atoms with Gasteiger partial charge in [0.25, 0.3) is 0 Å². The molecular weight excluding hydrogens is 561 g/mol. The third-order valence-electron chi connectivity index (χ3n) is 5.46. The van der Waals surface area contributed by atoms with Crippen molar-refractivity contribution < 1.29 is 34.3 Å². The molecule has 13 heteroatoms. The molecule has 1 aliphatic rings. The highest BCUT2D eigenvalue weighted by Gasteiger charge is 2.52. The van der Waals surface area contributed by atoms with Gasteiger partial charge < -0.3 is 34.4 Å². The number of aliphatic hydroxyl groups excluding tert-OH is 2. The van der Waals surface area contributed by atoms with E-state index in [-0.39, 0.29) is 19.4 Å². The highest BCUT2D eigenvalue weighted by molar-refractivity contribution is 7.81. The highest BCUT2D eigenvalue weighted by Crippen LogP contribution is 2.42. The van der Waals surface area contributed by atoms with Crippen molar-refractivity contribution in [3.05, 3.63) is 0 Å². The van der Waals surface area contributed by atoms with E-state index in [4.69, 9.17) is 49.0 Å². The van der Waals surface area contributed by atoms with E-state index in [1.165, 1.54) is 18.7 Å². The minimum Gasteiger partial charge on any atom is -0.439 e. The van der Waals surface area contributed by atoms with Crippen LogP contribution >= 0.6 is 60.1 Å². The average molecular weight is 601 g/mol. The second kappa shape index (κ2) is 11.8. The number of carbonyl (C=O) groups excluding carboxylic acids is 1. The first-order valence-corrected chi connectivity index (χ1v) is 13.4. The first kappa shape index (κ1) is 33.7. The van der Waals surface area contributed by atoms with E-state index in [0.717, 1.165) is 0 Å². The normalized spacial score (nSPS) is 26.2. The van der Waals surface area contributed by atoms with Gasteiger partial charge in [0.2, 0.25) is 3.79 Å². The molecule has 35 heavy (non-hydrogen) atoms. The molecule has 1 heterocycles. The minimum absolute atomic E-state index is 0.0193. The van der Waals surface area contributed by atoms with Crippen LogP contribution in [0.1, 0.15) is 68.2 Å². The fourth-order valence-corrected chi connectivity index (χ4v) is 4.24. The number of nitrogens with zero attached hydrogens (tertiary/aromatic N) is 1. The van der Waals surface area contributed by atoms with Crippen molar-refractivity contribution >= 4 is 66.2 Å². The highest BCUT2D eigenvalue weighted by atomic mass is 35.6. The number of hydrogen-bond donors (Lipinski definition) is 5. The van der Waals surface area contributed by atoms with Gasteiger partial charge in [-0.25, -0.2) is 4.79 Å². The number of thiol groups is 2. The Labute approximate surface area is 234 Å². The predicted molar refractivity (Wildman–Crippen MR) is 145 cm³/mol. The second-order valence-corrected chi connectivity index (χ2v) is 14.8. The van der Waals surface area contributed by atoms with Gasteiger partial charge in [0.1, 0.15) is 0 Å². The SMILES string of the molecule is CC(C)(C)OC(O)C(S)C1CC(O)(C(S)C(O)OC(C)(C)C)CCN1C(=O)OC(C)(C)C(Cl)(Cl)Cl. The smallest absolute Gasteiger partial charge is 0.410 e. The molecule has 0 aromatic rings. The van der Waals surface area contributed by atoms with E-state index in [1.807, 2.05) is 0 Å². The van der Waals surface area contributed by atoms with Gasteiger partial charge in [-0.3, -0.25) is 0 Å². The molecule has 8 nitrogen and oxygen atoms in total. The van der Waals surface area contributed by atoms with E-state index in [2.05, 4.69) is 25.3 Å². The number of aliphatic hydroxyl groups is 3. The number of alkyl halides is 3. The van der Waals surface area contributed by atoms with Crippen molar-refractivity contribution in [2.45, 2.75) is 124 Å². The van der Waals surface area contributed by atoms with Crippen LogP contribution in [0.5, 0.6) is 0 Å². The standard InChI is InChI=1S/C22H40Cl3NO7S2/c1-18(2,3)31-15(27)13(34)12-11-21(30,14(35)16(28)32-19(4,5)6)9-10-26(12)17(29)33-20(7,8)22(23,24)25/h12-16,27-28,30,34-35H,9-11H2,1-8H3. The lowest BCUT2D eigenvalue weighted by Gasteiger charge is -2.49. The van der Waals surface area contributed by atoms with E-state index in [9.17, 15) is 20.1 Å². The molecule has 1 amide bonds. The predicted octanol–water partition coefficient (Wildman–Crippen LogP) is 4.33. The fourth-order valence-electron chi connectivity index (χ4n) is 3.50. The van der Waals surface area contributed by atoms with Crippen molar-refractivity contribution in [1.82, 2.24) is 4.90 Å². The molecule has 0 bridgehead atoms. The number of carbonyl (C=O) groups is 1. The van der Waals surface area contributed by atoms with Crippen molar-refractivity contribution in [3.63, 3.8) is 0 Å². The maximum absolute atomic E-state index is 13.2. The lowest BCUT2D eigenvalue weighted by molar-refractivity contribution is -0.197. The fraction of sp³-hybridized carbons (Fsp3) is 0.955. The van der Waals surface area contributed by atoms with Gasteiger partial charge in [-0.15, -0.1) is 0 Å². The van der Waals surface area contributed by atoms with Gasteiger partial charge in [-0.1, -0.05) is 34.8 Å². The summed E-state index contributed by atoms with van der Waals surface area (Å²) < 4.78 is 14.8. The monoisotopic (exact) mass is 599 g/mol. The Kier molecular flexibility index (Phi) is 11.3. The Morgan fingerprint density at radius 2 is 1.43 bits per heavy atom. The summed E-state index contributed by atoms with van der Waals surface area (Å²) in [5.74, 6) is 0. The molecule has 6 unspecified atom stereocenters. The summed E-state index contributed by atoms with van der Waals surface area (Å²) in [5.41, 5.74) is -4.46. The molecule has 0 aromatic carbocycles. The summed E-state index contributed by atoms with van der Waals surface area (Å²) in [6, 6.07) is -0.899. The Hall–Kier alpha value is 0.640. The molecule has 0 saturated carbocycles. The average Bonchev–Trinajstić information content (AvgIpc) is 2.62.